The first-order chi connectivity index (χ1) is 16.6. The lowest BCUT2D eigenvalue weighted by atomic mass is 9.91. The quantitative estimate of drug-likeness (QED) is 0.422. The molecule has 1 aliphatic rings. The molecule has 0 amide bonds. The summed E-state index contributed by atoms with van der Waals surface area (Å²) < 4.78 is 3.59. The van der Waals surface area contributed by atoms with Crippen molar-refractivity contribution in [3.8, 4) is 5.69 Å². The Morgan fingerprint density at radius 3 is 2.71 bits per heavy atom. The lowest BCUT2D eigenvalue weighted by Crippen LogP contribution is -2.24. The summed E-state index contributed by atoms with van der Waals surface area (Å²) in [4.78, 5) is 27.1. The predicted molar refractivity (Wildman–Crippen MR) is 140 cm³/mol. The van der Waals surface area contributed by atoms with E-state index in [1.165, 1.54) is 5.56 Å². The zero-order valence-corrected chi connectivity index (χ0v) is 21.4. The van der Waals surface area contributed by atoms with Gasteiger partial charge in [-0.1, -0.05) is 32.4 Å². The van der Waals surface area contributed by atoms with E-state index < -0.39 is 0 Å². The molecular weight excluding hydrogens is 462 g/mol. The summed E-state index contributed by atoms with van der Waals surface area (Å²) in [5, 5.41) is 7.83. The summed E-state index contributed by atoms with van der Waals surface area (Å²) in [7, 11) is 0. The molecule has 3 aromatic heterocycles. The van der Waals surface area contributed by atoms with Crippen molar-refractivity contribution in [1.29, 1.82) is 0 Å². The largest absolute Gasteiger partial charge is 0.324 e. The van der Waals surface area contributed by atoms with Crippen LogP contribution >= 0.6 is 11.6 Å². The van der Waals surface area contributed by atoms with Gasteiger partial charge in [0.2, 0.25) is 5.95 Å². The highest BCUT2D eigenvalue weighted by molar-refractivity contribution is 6.31. The minimum absolute atomic E-state index is 0.0765. The van der Waals surface area contributed by atoms with E-state index in [-0.39, 0.29) is 17.0 Å². The number of aromatic nitrogens is 5. The fourth-order valence-electron chi connectivity index (χ4n) is 4.49. The first kappa shape index (κ1) is 23.5. The number of benzene rings is 1. The van der Waals surface area contributed by atoms with Gasteiger partial charge in [-0.05, 0) is 62.2 Å². The van der Waals surface area contributed by atoms with Gasteiger partial charge in [-0.2, -0.15) is 4.98 Å². The molecule has 182 valence electrons. The average molecular weight is 492 g/mol. The Morgan fingerprint density at radius 2 is 1.97 bits per heavy atom. The lowest BCUT2D eigenvalue weighted by Gasteiger charge is -2.20. The third-order valence-electron chi connectivity index (χ3n) is 6.29. The molecule has 2 N–H and O–H groups in total. The van der Waals surface area contributed by atoms with E-state index >= 15 is 0 Å². The molecule has 0 radical (unpaired) electrons. The van der Waals surface area contributed by atoms with Gasteiger partial charge in [-0.15, -0.1) is 0 Å². The maximum atomic E-state index is 13.3. The summed E-state index contributed by atoms with van der Waals surface area (Å²) in [6.07, 6.45) is 4.29. The van der Waals surface area contributed by atoms with Crippen molar-refractivity contribution in [2.45, 2.75) is 59.0 Å². The normalized spacial score (nSPS) is 13.9. The molecule has 0 aliphatic carbocycles. The van der Waals surface area contributed by atoms with Crippen LogP contribution in [-0.2, 0) is 18.4 Å². The number of hydrogen-bond donors (Lipinski definition) is 2. The third kappa shape index (κ3) is 4.32. The smallest absolute Gasteiger partial charge is 0.278 e. The molecule has 35 heavy (non-hydrogen) atoms. The van der Waals surface area contributed by atoms with Crippen LogP contribution in [0.2, 0.25) is 5.02 Å². The summed E-state index contributed by atoms with van der Waals surface area (Å²) in [6, 6.07) is 7.84. The molecule has 4 aromatic rings. The molecule has 0 saturated heterocycles. The van der Waals surface area contributed by atoms with Crippen molar-refractivity contribution >= 4 is 34.3 Å². The van der Waals surface area contributed by atoms with Gasteiger partial charge in [0.1, 0.15) is 5.39 Å². The Hall–Kier alpha value is -3.23. The molecule has 0 bridgehead atoms. The van der Waals surface area contributed by atoms with Crippen LogP contribution in [0.25, 0.3) is 16.7 Å². The second kappa shape index (κ2) is 8.77. The number of pyridine rings is 1. The molecule has 5 rings (SSSR count). The van der Waals surface area contributed by atoms with Crippen LogP contribution in [0.3, 0.4) is 0 Å². The van der Waals surface area contributed by atoms with Gasteiger partial charge in [0.05, 0.1) is 5.69 Å². The van der Waals surface area contributed by atoms with Crippen LogP contribution in [0.15, 0.2) is 41.5 Å². The number of halogens is 1. The first-order valence-electron chi connectivity index (χ1n) is 11.9. The number of anilines is 2. The molecule has 0 saturated carbocycles. The van der Waals surface area contributed by atoms with Crippen molar-refractivity contribution in [3.05, 3.63) is 68.9 Å². The average Bonchev–Trinajstić information content (AvgIpc) is 3.10. The van der Waals surface area contributed by atoms with E-state index in [9.17, 15) is 4.79 Å². The van der Waals surface area contributed by atoms with E-state index in [1.54, 1.807) is 17.1 Å². The summed E-state index contributed by atoms with van der Waals surface area (Å²) in [6.45, 7) is 12.0. The van der Waals surface area contributed by atoms with Crippen molar-refractivity contribution in [1.82, 2.24) is 29.6 Å². The maximum absolute atomic E-state index is 13.3. The molecule has 1 aromatic carbocycles. The van der Waals surface area contributed by atoms with Crippen LogP contribution in [0, 0.1) is 0 Å². The fraction of sp³-hybridized carbons (Fsp3) is 0.385. The number of fused-ring (bicyclic) bond motifs is 2. The number of rotatable bonds is 4. The van der Waals surface area contributed by atoms with Gasteiger partial charge in [0, 0.05) is 46.8 Å². The Kier molecular flexibility index (Phi) is 5.89. The van der Waals surface area contributed by atoms with Crippen LogP contribution in [0.5, 0.6) is 0 Å². The molecular formula is C26H30ClN7O. The van der Waals surface area contributed by atoms with Crippen molar-refractivity contribution in [2.75, 3.05) is 11.9 Å². The minimum atomic E-state index is -0.134. The molecule has 8 nitrogen and oxygen atoms in total. The molecule has 0 fully saturated rings. The Balaban J connectivity index is 1.64. The van der Waals surface area contributed by atoms with Crippen molar-refractivity contribution in [3.63, 3.8) is 0 Å². The number of hydrogen-bond acceptors (Lipinski definition) is 6. The highest BCUT2D eigenvalue weighted by Gasteiger charge is 2.22. The van der Waals surface area contributed by atoms with Gasteiger partial charge in [-0.3, -0.25) is 9.78 Å². The SMILES string of the molecule is CC(C)n1c(=O)c2cnc(Nc3cc(Cl)c4c(c3)CCNC4)nc2n1-c1ccnc(C(C)(C)C)c1. The summed E-state index contributed by atoms with van der Waals surface area (Å²) in [5.41, 5.74) is 5.23. The Labute approximate surface area is 209 Å². The highest BCUT2D eigenvalue weighted by Crippen LogP contribution is 2.29. The van der Waals surface area contributed by atoms with Crippen LogP contribution in [0.1, 0.15) is 57.5 Å². The zero-order valence-electron chi connectivity index (χ0n) is 20.7. The molecule has 0 spiro atoms. The second-order valence-electron chi connectivity index (χ2n) is 10.3. The highest BCUT2D eigenvalue weighted by atomic mass is 35.5. The molecule has 0 atom stereocenters. The maximum Gasteiger partial charge on any atom is 0.278 e. The van der Waals surface area contributed by atoms with Crippen molar-refractivity contribution in [2.24, 2.45) is 0 Å². The van der Waals surface area contributed by atoms with Gasteiger partial charge in [0.25, 0.3) is 5.56 Å². The van der Waals surface area contributed by atoms with Crippen molar-refractivity contribution < 1.29 is 0 Å². The summed E-state index contributed by atoms with van der Waals surface area (Å²) in [5.74, 6) is 0.405. The molecule has 1 aliphatic heterocycles. The van der Waals surface area contributed by atoms with E-state index in [1.807, 2.05) is 36.7 Å². The standard InChI is InChI=1S/C26H30ClN7O/c1-15(2)33-24(35)20-14-30-25(31-17-10-16-6-8-28-13-19(16)21(27)11-17)32-23(20)34(33)18-7-9-29-22(12-18)26(3,4)5/h7,9-12,14-15,28H,6,8,13H2,1-5H3,(H,30,31,32). The van der Waals surface area contributed by atoms with E-state index in [0.29, 0.717) is 22.0 Å². The fourth-order valence-corrected chi connectivity index (χ4v) is 4.79. The first-order valence-corrected chi connectivity index (χ1v) is 12.3. The van der Waals surface area contributed by atoms with Crippen LogP contribution < -0.4 is 16.2 Å². The number of nitrogens with one attached hydrogen (secondary N) is 2. The van der Waals surface area contributed by atoms with E-state index in [0.717, 1.165) is 42.1 Å². The molecule has 4 heterocycles. The van der Waals surface area contributed by atoms with Gasteiger partial charge < -0.3 is 10.6 Å². The van der Waals surface area contributed by atoms with Gasteiger partial charge in [0.15, 0.2) is 5.65 Å². The van der Waals surface area contributed by atoms with Crippen LogP contribution in [-0.4, -0.2) is 30.9 Å². The lowest BCUT2D eigenvalue weighted by molar-refractivity contribution is 0.474. The molecule has 0 unspecified atom stereocenters. The van der Waals surface area contributed by atoms with Gasteiger partial charge >= 0.3 is 0 Å². The van der Waals surface area contributed by atoms with Crippen LogP contribution in [0.4, 0.5) is 11.6 Å². The minimum Gasteiger partial charge on any atom is -0.324 e. The molecule has 9 heteroatoms. The van der Waals surface area contributed by atoms with E-state index in [2.05, 4.69) is 47.4 Å². The Morgan fingerprint density at radius 1 is 1.17 bits per heavy atom. The summed E-state index contributed by atoms with van der Waals surface area (Å²) >= 11 is 6.55. The topological polar surface area (TPSA) is 89.7 Å². The third-order valence-corrected chi connectivity index (χ3v) is 6.62. The Bertz CT molecular complexity index is 1480. The van der Waals surface area contributed by atoms with Gasteiger partial charge in [-0.25, -0.2) is 14.3 Å². The predicted octanol–water partition coefficient (Wildman–Crippen LogP) is 4.90. The number of nitrogens with zero attached hydrogens (tertiary/aromatic N) is 5. The van der Waals surface area contributed by atoms with E-state index in [4.69, 9.17) is 16.6 Å². The monoisotopic (exact) mass is 491 g/mol. The zero-order chi connectivity index (χ0) is 24.9. The second-order valence-corrected chi connectivity index (χ2v) is 10.7.